The minimum Gasteiger partial charge on any atom is -0.380 e. The molecular weight excluding hydrogens is 148 g/mol. The van der Waals surface area contributed by atoms with Gasteiger partial charge in [-0.25, -0.2) is 0 Å². The standard InChI is InChI=1S/C9H14O.C2H6/c1-3-5-8(4-2)9-6-10-7-9;1-2/h3-5,9H,6-7H2,1-2H3;1-2H3/b5-3-,8-4+;. The second-order valence-corrected chi connectivity index (χ2v) is 2.52. The van der Waals surface area contributed by atoms with Gasteiger partial charge in [0.2, 0.25) is 0 Å². The topological polar surface area (TPSA) is 9.23 Å². The molecule has 1 heterocycles. The van der Waals surface area contributed by atoms with Crippen molar-refractivity contribution in [2.75, 3.05) is 13.2 Å². The largest absolute Gasteiger partial charge is 0.380 e. The molecule has 0 saturated carbocycles. The zero-order valence-electron chi connectivity index (χ0n) is 8.63. The smallest absolute Gasteiger partial charge is 0.0557 e. The fourth-order valence-electron chi connectivity index (χ4n) is 1.09. The van der Waals surface area contributed by atoms with E-state index in [0.717, 1.165) is 13.2 Å². The van der Waals surface area contributed by atoms with Gasteiger partial charge in [-0.15, -0.1) is 0 Å². The molecule has 1 fully saturated rings. The SMILES string of the molecule is C/C=C\C(=C/C)C1COC1.CC. The molecule has 0 atom stereocenters. The third-order valence-electron chi connectivity index (χ3n) is 1.80. The van der Waals surface area contributed by atoms with Gasteiger partial charge in [-0.1, -0.05) is 32.1 Å². The van der Waals surface area contributed by atoms with Crippen LogP contribution in [-0.2, 0) is 4.74 Å². The molecule has 0 aromatic carbocycles. The van der Waals surface area contributed by atoms with Crippen molar-refractivity contribution < 1.29 is 4.74 Å². The summed E-state index contributed by atoms with van der Waals surface area (Å²) in [6, 6.07) is 0. The summed E-state index contributed by atoms with van der Waals surface area (Å²) in [5.41, 5.74) is 1.41. The fourth-order valence-corrected chi connectivity index (χ4v) is 1.09. The van der Waals surface area contributed by atoms with Crippen LogP contribution in [0, 0.1) is 5.92 Å². The fraction of sp³-hybridized carbons (Fsp3) is 0.636. The Bertz CT molecular complexity index is 152. The first kappa shape index (κ1) is 11.4. The molecule has 1 rings (SSSR count). The van der Waals surface area contributed by atoms with E-state index in [9.17, 15) is 0 Å². The molecule has 70 valence electrons. The van der Waals surface area contributed by atoms with E-state index in [4.69, 9.17) is 4.74 Å². The van der Waals surface area contributed by atoms with Gasteiger partial charge in [0.15, 0.2) is 0 Å². The molecule has 0 unspecified atom stereocenters. The Labute approximate surface area is 76.1 Å². The average Bonchev–Trinajstić information content (AvgIpc) is 2.04. The van der Waals surface area contributed by atoms with Crippen molar-refractivity contribution in [3.05, 3.63) is 23.8 Å². The van der Waals surface area contributed by atoms with Crippen LogP contribution in [0.25, 0.3) is 0 Å². The van der Waals surface area contributed by atoms with Gasteiger partial charge in [0.1, 0.15) is 0 Å². The van der Waals surface area contributed by atoms with Crippen molar-refractivity contribution in [1.29, 1.82) is 0 Å². The van der Waals surface area contributed by atoms with Gasteiger partial charge >= 0.3 is 0 Å². The van der Waals surface area contributed by atoms with Gasteiger partial charge in [0, 0.05) is 5.92 Å². The lowest BCUT2D eigenvalue weighted by molar-refractivity contribution is -0.0117. The number of rotatable bonds is 2. The summed E-state index contributed by atoms with van der Waals surface area (Å²) in [4.78, 5) is 0. The van der Waals surface area contributed by atoms with Crippen molar-refractivity contribution in [1.82, 2.24) is 0 Å². The highest BCUT2D eigenvalue weighted by Gasteiger charge is 2.19. The maximum atomic E-state index is 5.09. The Balaban J connectivity index is 0.000000561. The number of hydrogen-bond acceptors (Lipinski definition) is 1. The Morgan fingerprint density at radius 2 is 1.83 bits per heavy atom. The van der Waals surface area contributed by atoms with Crippen LogP contribution in [0.1, 0.15) is 27.7 Å². The zero-order valence-corrected chi connectivity index (χ0v) is 8.63. The molecule has 0 spiro atoms. The molecular formula is C11H20O. The Kier molecular flexibility index (Phi) is 6.78. The van der Waals surface area contributed by atoms with Crippen molar-refractivity contribution in [2.24, 2.45) is 5.92 Å². The predicted molar refractivity (Wildman–Crippen MR) is 54.2 cm³/mol. The van der Waals surface area contributed by atoms with E-state index in [1.54, 1.807) is 0 Å². The minimum atomic E-state index is 0.668. The van der Waals surface area contributed by atoms with Crippen molar-refractivity contribution in [3.63, 3.8) is 0 Å². The van der Waals surface area contributed by atoms with Gasteiger partial charge in [-0.2, -0.15) is 0 Å². The van der Waals surface area contributed by atoms with Gasteiger partial charge in [0.05, 0.1) is 13.2 Å². The maximum Gasteiger partial charge on any atom is 0.0557 e. The molecule has 12 heavy (non-hydrogen) atoms. The van der Waals surface area contributed by atoms with Crippen LogP contribution < -0.4 is 0 Å². The van der Waals surface area contributed by atoms with Gasteiger partial charge in [0.25, 0.3) is 0 Å². The number of hydrogen-bond donors (Lipinski definition) is 0. The molecule has 1 saturated heterocycles. The highest BCUT2D eigenvalue weighted by atomic mass is 16.5. The second kappa shape index (κ2) is 7.11. The molecule has 0 aliphatic carbocycles. The van der Waals surface area contributed by atoms with Gasteiger partial charge in [-0.3, -0.25) is 0 Å². The van der Waals surface area contributed by atoms with Crippen LogP contribution in [0.3, 0.4) is 0 Å². The van der Waals surface area contributed by atoms with Crippen LogP contribution >= 0.6 is 0 Å². The first-order valence-corrected chi connectivity index (χ1v) is 4.75. The van der Waals surface area contributed by atoms with E-state index in [-0.39, 0.29) is 0 Å². The first-order chi connectivity index (χ1) is 5.88. The average molecular weight is 168 g/mol. The quantitative estimate of drug-likeness (QED) is 0.575. The number of allylic oxidation sites excluding steroid dienone is 3. The van der Waals surface area contributed by atoms with E-state index < -0.39 is 0 Å². The highest BCUT2D eigenvalue weighted by molar-refractivity contribution is 5.22. The zero-order chi connectivity index (χ0) is 9.40. The molecule has 1 nitrogen and oxygen atoms in total. The third-order valence-corrected chi connectivity index (χ3v) is 1.80. The van der Waals surface area contributed by atoms with Crippen LogP contribution in [0.5, 0.6) is 0 Å². The van der Waals surface area contributed by atoms with Crippen molar-refractivity contribution >= 4 is 0 Å². The molecule has 0 bridgehead atoms. The molecule has 1 aliphatic rings. The highest BCUT2D eigenvalue weighted by Crippen LogP contribution is 2.20. The summed E-state index contributed by atoms with van der Waals surface area (Å²) >= 11 is 0. The molecule has 1 heteroatoms. The minimum absolute atomic E-state index is 0.668. The van der Waals surface area contributed by atoms with Crippen molar-refractivity contribution in [2.45, 2.75) is 27.7 Å². The van der Waals surface area contributed by atoms with Crippen LogP contribution in [0.15, 0.2) is 23.8 Å². The summed E-state index contributed by atoms with van der Waals surface area (Å²) in [5.74, 6) is 0.668. The lowest BCUT2D eigenvalue weighted by Gasteiger charge is -2.26. The monoisotopic (exact) mass is 168 g/mol. The lowest BCUT2D eigenvalue weighted by Crippen LogP contribution is -2.28. The molecule has 1 aliphatic heterocycles. The molecule has 0 N–H and O–H groups in total. The first-order valence-electron chi connectivity index (χ1n) is 4.75. The maximum absolute atomic E-state index is 5.09. The third kappa shape index (κ3) is 3.22. The summed E-state index contributed by atoms with van der Waals surface area (Å²) in [6.07, 6.45) is 6.40. The second-order valence-electron chi connectivity index (χ2n) is 2.52. The van der Waals surface area contributed by atoms with E-state index in [1.807, 2.05) is 20.8 Å². The summed E-state index contributed by atoms with van der Waals surface area (Å²) in [6.45, 7) is 9.94. The van der Waals surface area contributed by atoms with Crippen molar-refractivity contribution in [3.8, 4) is 0 Å². The van der Waals surface area contributed by atoms with E-state index in [0.29, 0.717) is 5.92 Å². The lowest BCUT2D eigenvalue weighted by atomic mass is 9.97. The number of ether oxygens (including phenoxy) is 1. The molecule has 0 amide bonds. The predicted octanol–water partition coefficient (Wildman–Crippen LogP) is 3.18. The van der Waals surface area contributed by atoms with Gasteiger partial charge in [-0.05, 0) is 19.4 Å². The summed E-state index contributed by atoms with van der Waals surface area (Å²) in [7, 11) is 0. The normalized spacial score (nSPS) is 18.5. The van der Waals surface area contributed by atoms with E-state index in [1.165, 1.54) is 5.57 Å². The van der Waals surface area contributed by atoms with Crippen LogP contribution in [-0.4, -0.2) is 13.2 Å². The Morgan fingerprint density at radius 1 is 1.25 bits per heavy atom. The van der Waals surface area contributed by atoms with Gasteiger partial charge < -0.3 is 4.74 Å². The summed E-state index contributed by atoms with van der Waals surface area (Å²) < 4.78 is 5.09. The Hall–Kier alpha value is -0.560. The molecule has 0 aromatic rings. The van der Waals surface area contributed by atoms with Crippen LogP contribution in [0.4, 0.5) is 0 Å². The summed E-state index contributed by atoms with van der Waals surface area (Å²) in [5, 5.41) is 0. The molecule has 0 aromatic heterocycles. The Morgan fingerprint density at radius 3 is 2.08 bits per heavy atom. The van der Waals surface area contributed by atoms with E-state index in [2.05, 4.69) is 25.2 Å². The van der Waals surface area contributed by atoms with E-state index >= 15 is 0 Å². The molecule has 0 radical (unpaired) electrons. The van der Waals surface area contributed by atoms with Crippen LogP contribution in [0.2, 0.25) is 0 Å².